The van der Waals surface area contributed by atoms with Crippen molar-refractivity contribution in [3.8, 4) is 0 Å². The maximum Gasteiger partial charge on any atom is 0.221 e. The second kappa shape index (κ2) is 4.30. The van der Waals surface area contributed by atoms with Gasteiger partial charge in [-0.25, -0.2) is 0 Å². The minimum Gasteiger partial charge on any atom is -0.353 e. The van der Waals surface area contributed by atoms with Crippen LogP contribution >= 0.6 is 0 Å². The standard InChI is InChI=1S/C11H22N2O/c1-11(2,3)7-8(12)6-10(14)13-9-4-5-9/h8-9H,4-7,12H2,1-3H3,(H,13,14). The van der Waals surface area contributed by atoms with Gasteiger partial charge >= 0.3 is 0 Å². The van der Waals surface area contributed by atoms with Crippen molar-refractivity contribution in [3.63, 3.8) is 0 Å². The Morgan fingerprint density at radius 1 is 1.50 bits per heavy atom. The molecule has 0 bridgehead atoms. The Morgan fingerprint density at radius 3 is 2.50 bits per heavy atom. The van der Waals surface area contributed by atoms with Gasteiger partial charge in [-0.1, -0.05) is 20.8 Å². The Kier molecular flexibility index (Phi) is 3.53. The Bertz CT molecular complexity index is 204. The van der Waals surface area contributed by atoms with E-state index in [0.29, 0.717) is 12.5 Å². The maximum atomic E-state index is 11.4. The molecule has 1 aliphatic carbocycles. The van der Waals surface area contributed by atoms with Gasteiger partial charge in [0, 0.05) is 18.5 Å². The zero-order valence-corrected chi connectivity index (χ0v) is 9.47. The van der Waals surface area contributed by atoms with Crippen molar-refractivity contribution in [2.24, 2.45) is 11.1 Å². The van der Waals surface area contributed by atoms with E-state index in [9.17, 15) is 4.79 Å². The second-order valence-electron chi connectivity index (χ2n) is 5.57. The zero-order valence-electron chi connectivity index (χ0n) is 9.47. The van der Waals surface area contributed by atoms with Crippen LogP contribution in [0.15, 0.2) is 0 Å². The first-order valence-corrected chi connectivity index (χ1v) is 5.42. The number of nitrogens with one attached hydrogen (secondary N) is 1. The Morgan fingerprint density at radius 2 is 2.07 bits per heavy atom. The van der Waals surface area contributed by atoms with Gasteiger partial charge in [-0.3, -0.25) is 4.79 Å². The van der Waals surface area contributed by atoms with Gasteiger partial charge in [-0.2, -0.15) is 0 Å². The predicted octanol–water partition coefficient (Wildman–Crippen LogP) is 1.42. The number of hydrogen-bond acceptors (Lipinski definition) is 2. The highest BCUT2D eigenvalue weighted by Gasteiger charge is 2.24. The molecule has 3 N–H and O–H groups in total. The molecule has 1 aliphatic rings. The lowest BCUT2D eigenvalue weighted by molar-refractivity contribution is -0.121. The fourth-order valence-electron chi connectivity index (χ4n) is 1.61. The van der Waals surface area contributed by atoms with Crippen molar-refractivity contribution in [2.75, 3.05) is 0 Å². The van der Waals surface area contributed by atoms with Crippen molar-refractivity contribution in [3.05, 3.63) is 0 Å². The van der Waals surface area contributed by atoms with Crippen molar-refractivity contribution < 1.29 is 4.79 Å². The summed E-state index contributed by atoms with van der Waals surface area (Å²) in [7, 11) is 0. The van der Waals surface area contributed by atoms with Gasteiger partial charge < -0.3 is 11.1 Å². The van der Waals surface area contributed by atoms with E-state index in [2.05, 4.69) is 26.1 Å². The molecule has 0 heterocycles. The molecule has 0 aromatic rings. The number of hydrogen-bond donors (Lipinski definition) is 2. The number of carbonyl (C=O) groups excluding carboxylic acids is 1. The van der Waals surface area contributed by atoms with E-state index >= 15 is 0 Å². The van der Waals surface area contributed by atoms with E-state index in [1.807, 2.05) is 0 Å². The predicted molar refractivity (Wildman–Crippen MR) is 57.8 cm³/mol. The summed E-state index contributed by atoms with van der Waals surface area (Å²) < 4.78 is 0. The van der Waals surface area contributed by atoms with E-state index in [1.165, 1.54) is 0 Å². The molecule has 3 heteroatoms. The molecule has 1 atom stereocenters. The van der Waals surface area contributed by atoms with Gasteiger partial charge in [0.15, 0.2) is 0 Å². The third-order valence-electron chi connectivity index (χ3n) is 2.26. The summed E-state index contributed by atoms with van der Waals surface area (Å²) in [4.78, 5) is 11.4. The second-order valence-corrected chi connectivity index (χ2v) is 5.57. The monoisotopic (exact) mass is 198 g/mol. The first-order valence-electron chi connectivity index (χ1n) is 5.42. The molecule has 0 aliphatic heterocycles. The van der Waals surface area contributed by atoms with Gasteiger partial charge in [0.2, 0.25) is 5.91 Å². The summed E-state index contributed by atoms with van der Waals surface area (Å²) in [6.45, 7) is 6.43. The molecular formula is C11H22N2O. The average molecular weight is 198 g/mol. The maximum absolute atomic E-state index is 11.4. The van der Waals surface area contributed by atoms with Crippen LogP contribution in [-0.2, 0) is 4.79 Å². The van der Waals surface area contributed by atoms with Crippen molar-refractivity contribution >= 4 is 5.91 Å². The van der Waals surface area contributed by atoms with Gasteiger partial charge in [-0.05, 0) is 24.7 Å². The molecule has 0 saturated heterocycles. The minimum atomic E-state index is -0.00579. The van der Waals surface area contributed by atoms with Crippen LogP contribution in [0.3, 0.4) is 0 Å². The third-order valence-corrected chi connectivity index (χ3v) is 2.26. The molecule has 0 radical (unpaired) electrons. The topological polar surface area (TPSA) is 55.1 Å². The van der Waals surface area contributed by atoms with Gasteiger partial charge in [0.1, 0.15) is 0 Å². The van der Waals surface area contributed by atoms with E-state index in [-0.39, 0.29) is 17.4 Å². The Labute approximate surface area is 86.4 Å². The normalized spacial score (nSPS) is 19.1. The first kappa shape index (κ1) is 11.5. The van der Waals surface area contributed by atoms with Crippen molar-refractivity contribution in [1.82, 2.24) is 5.32 Å². The summed E-state index contributed by atoms with van der Waals surface area (Å²) in [5, 5.41) is 2.95. The van der Waals surface area contributed by atoms with E-state index in [4.69, 9.17) is 5.73 Å². The highest BCUT2D eigenvalue weighted by Crippen LogP contribution is 2.22. The Balaban J connectivity index is 2.18. The quantitative estimate of drug-likeness (QED) is 0.717. The molecule has 0 aromatic heterocycles. The minimum absolute atomic E-state index is 0.00579. The number of amides is 1. The highest BCUT2D eigenvalue weighted by molar-refractivity contribution is 5.77. The summed E-state index contributed by atoms with van der Waals surface area (Å²) in [6, 6.07) is 0.443. The molecule has 14 heavy (non-hydrogen) atoms. The number of nitrogens with two attached hydrogens (primary N) is 1. The molecular weight excluding hydrogens is 176 g/mol. The van der Waals surface area contributed by atoms with Gasteiger partial charge in [0.05, 0.1) is 0 Å². The van der Waals surface area contributed by atoms with Crippen LogP contribution in [-0.4, -0.2) is 18.0 Å². The lowest BCUT2D eigenvalue weighted by Gasteiger charge is -2.22. The highest BCUT2D eigenvalue weighted by atomic mass is 16.1. The number of carbonyl (C=O) groups is 1. The molecule has 3 nitrogen and oxygen atoms in total. The van der Waals surface area contributed by atoms with Crippen molar-refractivity contribution in [2.45, 2.75) is 58.5 Å². The summed E-state index contributed by atoms with van der Waals surface area (Å²) in [5.74, 6) is 0.115. The molecule has 82 valence electrons. The molecule has 1 rings (SSSR count). The molecule has 0 aromatic carbocycles. The summed E-state index contributed by atoms with van der Waals surface area (Å²) in [6.07, 6.45) is 3.64. The summed E-state index contributed by atoms with van der Waals surface area (Å²) in [5.41, 5.74) is 6.10. The number of rotatable bonds is 4. The van der Waals surface area contributed by atoms with Crippen LogP contribution in [0.4, 0.5) is 0 Å². The lowest BCUT2D eigenvalue weighted by atomic mass is 9.87. The van der Waals surface area contributed by atoms with Crippen molar-refractivity contribution in [1.29, 1.82) is 0 Å². The van der Waals surface area contributed by atoms with Crippen LogP contribution in [0.1, 0.15) is 46.5 Å². The molecule has 1 amide bonds. The first-order chi connectivity index (χ1) is 6.37. The zero-order chi connectivity index (χ0) is 10.8. The fourth-order valence-corrected chi connectivity index (χ4v) is 1.61. The summed E-state index contributed by atoms with van der Waals surface area (Å²) >= 11 is 0. The van der Waals surface area contributed by atoms with E-state index < -0.39 is 0 Å². The van der Waals surface area contributed by atoms with Gasteiger partial charge in [0.25, 0.3) is 0 Å². The molecule has 1 unspecified atom stereocenters. The van der Waals surface area contributed by atoms with Crippen LogP contribution in [0.25, 0.3) is 0 Å². The molecule has 1 fully saturated rings. The molecule has 1 saturated carbocycles. The van der Waals surface area contributed by atoms with E-state index in [0.717, 1.165) is 19.3 Å². The molecule has 0 spiro atoms. The fraction of sp³-hybridized carbons (Fsp3) is 0.909. The van der Waals surface area contributed by atoms with Crippen LogP contribution in [0, 0.1) is 5.41 Å². The van der Waals surface area contributed by atoms with Gasteiger partial charge in [-0.15, -0.1) is 0 Å². The van der Waals surface area contributed by atoms with E-state index in [1.54, 1.807) is 0 Å². The third kappa shape index (κ3) is 5.22. The largest absolute Gasteiger partial charge is 0.353 e. The average Bonchev–Trinajstić information content (AvgIpc) is 2.64. The van der Waals surface area contributed by atoms with Crippen LogP contribution < -0.4 is 11.1 Å². The van der Waals surface area contributed by atoms with Crippen LogP contribution in [0.5, 0.6) is 0 Å². The Hall–Kier alpha value is -0.570. The van der Waals surface area contributed by atoms with Crippen LogP contribution in [0.2, 0.25) is 0 Å². The SMILES string of the molecule is CC(C)(C)CC(N)CC(=O)NC1CC1. The smallest absolute Gasteiger partial charge is 0.221 e. The lowest BCUT2D eigenvalue weighted by Crippen LogP contribution is -2.35.